The van der Waals surface area contributed by atoms with E-state index in [0.717, 1.165) is 63.1 Å². The summed E-state index contributed by atoms with van der Waals surface area (Å²) in [6, 6.07) is 3.95. The van der Waals surface area contributed by atoms with Crippen molar-refractivity contribution in [3.05, 3.63) is 23.4 Å². The molecule has 2 heterocycles. The zero-order valence-corrected chi connectivity index (χ0v) is 20.4. The minimum atomic E-state index is -1.02. The van der Waals surface area contributed by atoms with Crippen molar-refractivity contribution in [3.63, 3.8) is 0 Å². The van der Waals surface area contributed by atoms with Crippen LogP contribution in [-0.2, 0) is 22.4 Å². The van der Waals surface area contributed by atoms with Crippen LogP contribution in [0.1, 0.15) is 70.6 Å². The van der Waals surface area contributed by atoms with Crippen molar-refractivity contribution in [3.8, 4) is 0 Å². The molecule has 0 saturated heterocycles. The van der Waals surface area contributed by atoms with E-state index in [4.69, 9.17) is 9.72 Å². The number of carbonyl (C=O) groups is 2. The van der Waals surface area contributed by atoms with E-state index in [9.17, 15) is 14.7 Å². The second-order valence-electron chi connectivity index (χ2n) is 10.5. The summed E-state index contributed by atoms with van der Waals surface area (Å²) in [5, 5.41) is 15.5. The van der Waals surface area contributed by atoms with E-state index in [1.807, 2.05) is 20.8 Å². The number of fused-ring (bicyclic) bond motifs is 1. The molecule has 3 N–H and O–H groups in total. The summed E-state index contributed by atoms with van der Waals surface area (Å²) in [4.78, 5) is 30.8. The molecule has 1 saturated carbocycles. The van der Waals surface area contributed by atoms with Crippen LogP contribution >= 0.6 is 0 Å². The number of nitrogens with zero attached hydrogens (tertiary/aromatic N) is 2. The fourth-order valence-corrected chi connectivity index (χ4v) is 4.06. The van der Waals surface area contributed by atoms with Crippen molar-refractivity contribution in [2.45, 2.75) is 84.2 Å². The van der Waals surface area contributed by atoms with Crippen LogP contribution in [0.25, 0.3) is 0 Å². The molecule has 1 aliphatic heterocycles. The summed E-state index contributed by atoms with van der Waals surface area (Å²) < 4.78 is 5.17. The molecule has 2 aliphatic rings. The number of pyridine rings is 1. The highest BCUT2D eigenvalue weighted by atomic mass is 16.5. The summed E-state index contributed by atoms with van der Waals surface area (Å²) in [5.41, 5.74) is 2.28. The van der Waals surface area contributed by atoms with E-state index in [-0.39, 0.29) is 12.0 Å². The minimum absolute atomic E-state index is 0.163. The highest BCUT2D eigenvalue weighted by Gasteiger charge is 2.30. The molecule has 1 unspecified atom stereocenters. The van der Waals surface area contributed by atoms with Gasteiger partial charge in [0.05, 0.1) is 6.61 Å². The first-order valence-electron chi connectivity index (χ1n) is 12.3. The molecule has 33 heavy (non-hydrogen) atoms. The van der Waals surface area contributed by atoms with Crippen LogP contribution in [0, 0.1) is 5.41 Å². The van der Waals surface area contributed by atoms with E-state index in [1.165, 1.54) is 12.0 Å². The van der Waals surface area contributed by atoms with Crippen molar-refractivity contribution in [2.75, 3.05) is 31.6 Å². The number of unbranched alkanes of at least 4 members (excludes halogenated alkanes) is 1. The lowest BCUT2D eigenvalue weighted by molar-refractivity contribution is -0.139. The monoisotopic (exact) mass is 460 g/mol. The maximum atomic E-state index is 12.0. The van der Waals surface area contributed by atoms with Crippen molar-refractivity contribution in [2.24, 2.45) is 5.41 Å². The van der Waals surface area contributed by atoms with Crippen LogP contribution in [0.15, 0.2) is 12.1 Å². The number of hydrogen-bond acceptors (Lipinski definition) is 6. The number of aliphatic carboxylic acids is 1. The molecule has 1 amide bonds. The fraction of sp³-hybridized carbons (Fsp3) is 0.720. The number of ether oxygens (including phenoxy) is 1. The van der Waals surface area contributed by atoms with Gasteiger partial charge in [-0.1, -0.05) is 26.8 Å². The molecule has 1 fully saturated rings. The highest BCUT2D eigenvalue weighted by molar-refractivity contribution is 5.79. The summed E-state index contributed by atoms with van der Waals surface area (Å²) in [6.07, 6.45) is 7.35. The SMILES string of the molecule is CC(C)(C)COC(=O)NC(CCN(CCCCc1ccc2c(n1)NCCC2)C1CC1)C(=O)O. The second kappa shape index (κ2) is 11.7. The third-order valence-corrected chi connectivity index (χ3v) is 6.07. The lowest BCUT2D eigenvalue weighted by Crippen LogP contribution is -2.44. The first-order valence-corrected chi connectivity index (χ1v) is 12.3. The second-order valence-corrected chi connectivity index (χ2v) is 10.5. The summed E-state index contributed by atoms with van der Waals surface area (Å²) >= 11 is 0. The lowest BCUT2D eigenvalue weighted by Gasteiger charge is -2.24. The van der Waals surface area contributed by atoms with Crippen LogP contribution < -0.4 is 10.6 Å². The third kappa shape index (κ3) is 8.84. The number of carboxylic acid groups (broad SMARTS) is 1. The molecule has 1 aromatic rings. The Morgan fingerprint density at radius 3 is 2.76 bits per heavy atom. The van der Waals surface area contributed by atoms with Gasteiger partial charge in [0.2, 0.25) is 0 Å². The number of rotatable bonds is 12. The largest absolute Gasteiger partial charge is 0.480 e. The summed E-state index contributed by atoms with van der Waals surface area (Å²) in [5.74, 6) is 0.0251. The Morgan fingerprint density at radius 1 is 1.27 bits per heavy atom. The Morgan fingerprint density at radius 2 is 2.06 bits per heavy atom. The number of carboxylic acids is 1. The molecule has 1 atom stereocenters. The van der Waals surface area contributed by atoms with Crippen molar-refractivity contribution in [1.29, 1.82) is 0 Å². The van der Waals surface area contributed by atoms with Crippen molar-refractivity contribution < 1.29 is 19.4 Å². The predicted molar refractivity (Wildman–Crippen MR) is 129 cm³/mol. The number of hydrogen-bond donors (Lipinski definition) is 3. The van der Waals surface area contributed by atoms with Crippen LogP contribution in [-0.4, -0.2) is 65.4 Å². The Labute approximate surface area is 197 Å². The molecule has 184 valence electrons. The zero-order chi connectivity index (χ0) is 23.8. The molecule has 8 heteroatoms. The number of anilines is 1. The van der Waals surface area contributed by atoms with Gasteiger partial charge in [0, 0.05) is 24.8 Å². The maximum Gasteiger partial charge on any atom is 0.407 e. The van der Waals surface area contributed by atoms with E-state index < -0.39 is 18.1 Å². The molecular weight excluding hydrogens is 420 g/mol. The zero-order valence-electron chi connectivity index (χ0n) is 20.4. The van der Waals surface area contributed by atoms with Crippen LogP contribution in [0.2, 0.25) is 0 Å². The first-order chi connectivity index (χ1) is 15.7. The van der Waals surface area contributed by atoms with Gasteiger partial charge in [-0.25, -0.2) is 14.6 Å². The molecule has 8 nitrogen and oxygen atoms in total. The Hall–Kier alpha value is -2.35. The molecule has 3 rings (SSSR count). The molecule has 0 radical (unpaired) electrons. The average molecular weight is 461 g/mol. The molecule has 0 aromatic carbocycles. The highest BCUT2D eigenvalue weighted by Crippen LogP contribution is 2.27. The number of aryl methyl sites for hydroxylation is 2. The molecule has 1 aromatic heterocycles. The predicted octanol–water partition coefficient (Wildman–Crippen LogP) is 3.84. The summed E-state index contributed by atoms with van der Waals surface area (Å²) in [7, 11) is 0. The number of aromatic nitrogens is 1. The quantitative estimate of drug-likeness (QED) is 0.407. The average Bonchev–Trinajstić information content (AvgIpc) is 3.61. The molecule has 1 aliphatic carbocycles. The smallest absolute Gasteiger partial charge is 0.407 e. The minimum Gasteiger partial charge on any atom is -0.480 e. The van der Waals surface area contributed by atoms with E-state index >= 15 is 0 Å². The van der Waals surface area contributed by atoms with Gasteiger partial charge < -0.3 is 25.4 Å². The van der Waals surface area contributed by atoms with Crippen LogP contribution in [0.3, 0.4) is 0 Å². The Bertz CT molecular complexity index is 804. The van der Waals surface area contributed by atoms with Gasteiger partial charge in [-0.2, -0.15) is 0 Å². The van der Waals surface area contributed by atoms with E-state index in [2.05, 4.69) is 27.7 Å². The van der Waals surface area contributed by atoms with Gasteiger partial charge in [-0.3, -0.25) is 0 Å². The molecular formula is C25H40N4O4. The first kappa shape index (κ1) is 25.3. The van der Waals surface area contributed by atoms with Crippen LogP contribution in [0.4, 0.5) is 10.6 Å². The molecule has 0 bridgehead atoms. The normalized spacial score (nSPS) is 16.6. The van der Waals surface area contributed by atoms with Crippen LogP contribution in [0.5, 0.6) is 0 Å². The van der Waals surface area contributed by atoms with Crippen molar-refractivity contribution in [1.82, 2.24) is 15.2 Å². The van der Waals surface area contributed by atoms with Gasteiger partial charge in [-0.15, -0.1) is 0 Å². The van der Waals surface area contributed by atoms with Gasteiger partial charge in [-0.05, 0) is 75.0 Å². The summed E-state index contributed by atoms with van der Waals surface area (Å²) in [6.45, 7) is 8.72. The maximum absolute atomic E-state index is 12.0. The molecule has 0 spiro atoms. The standard InChI is InChI=1S/C25H40N4O4/c1-25(2,3)17-33-24(32)28-21(23(30)31)13-16-29(20-11-12-20)15-5-4-8-19-10-9-18-7-6-14-26-22(18)27-19/h9-10,20-21H,4-8,11-17H2,1-3H3,(H,26,27)(H,28,32)(H,30,31). The van der Waals surface area contributed by atoms with E-state index in [1.54, 1.807) is 0 Å². The van der Waals surface area contributed by atoms with Crippen molar-refractivity contribution >= 4 is 17.9 Å². The number of nitrogens with one attached hydrogen (secondary N) is 2. The number of amides is 1. The third-order valence-electron chi connectivity index (χ3n) is 6.07. The van der Waals surface area contributed by atoms with E-state index in [0.29, 0.717) is 19.0 Å². The fourth-order valence-electron chi connectivity index (χ4n) is 4.06. The Kier molecular flexibility index (Phi) is 8.95. The Balaban J connectivity index is 1.40. The number of alkyl carbamates (subject to hydrolysis) is 1. The topological polar surface area (TPSA) is 104 Å². The van der Waals surface area contributed by atoms with Gasteiger partial charge in [0.25, 0.3) is 0 Å². The van der Waals surface area contributed by atoms with Gasteiger partial charge in [0.1, 0.15) is 11.9 Å². The van der Waals surface area contributed by atoms with Gasteiger partial charge >= 0.3 is 12.1 Å². The lowest BCUT2D eigenvalue weighted by atomic mass is 9.99. The number of carbonyl (C=O) groups excluding carboxylic acids is 1. The van der Waals surface area contributed by atoms with Gasteiger partial charge in [0.15, 0.2) is 0 Å².